The molecule has 0 spiro atoms. The molecule has 2 aliphatic rings. The topological polar surface area (TPSA) is 92.6 Å². The van der Waals surface area contributed by atoms with E-state index in [1.807, 2.05) is 12.1 Å². The SMILES string of the molecule is O=C(Cn1ncc2ccccc2c1=O)N1CCc2cc(S(=O)(=O)N3CCCCC3)ccc21. The number of nitrogens with zero attached hydrogens (tertiary/aromatic N) is 4. The lowest BCUT2D eigenvalue weighted by Crippen LogP contribution is -2.36. The number of fused-ring (bicyclic) bond motifs is 2. The number of carbonyl (C=O) groups excluding carboxylic acids is 1. The van der Waals surface area contributed by atoms with Crippen LogP contribution < -0.4 is 10.5 Å². The van der Waals surface area contributed by atoms with Gasteiger partial charge in [0.05, 0.1) is 16.5 Å². The molecular weight excluding hydrogens is 428 g/mol. The molecule has 32 heavy (non-hydrogen) atoms. The normalized spacial score (nSPS) is 16.9. The van der Waals surface area contributed by atoms with E-state index >= 15 is 0 Å². The number of hydrogen-bond acceptors (Lipinski definition) is 5. The summed E-state index contributed by atoms with van der Waals surface area (Å²) in [5.74, 6) is -0.250. The predicted octanol–water partition coefficient (Wildman–Crippen LogP) is 2.16. The molecule has 1 fully saturated rings. The number of piperidine rings is 1. The Morgan fingerprint density at radius 1 is 1.00 bits per heavy atom. The van der Waals surface area contributed by atoms with Crippen molar-refractivity contribution in [1.82, 2.24) is 14.1 Å². The van der Waals surface area contributed by atoms with Crippen LogP contribution in [0.25, 0.3) is 10.8 Å². The smallest absolute Gasteiger partial charge is 0.275 e. The number of carbonyl (C=O) groups is 1. The Labute approximate surface area is 186 Å². The fourth-order valence-corrected chi connectivity index (χ4v) is 6.07. The summed E-state index contributed by atoms with van der Waals surface area (Å²) in [5, 5.41) is 5.39. The molecule has 0 saturated carbocycles. The van der Waals surface area contributed by atoms with E-state index in [0.717, 1.165) is 30.2 Å². The Morgan fingerprint density at radius 3 is 2.59 bits per heavy atom. The fraction of sp³-hybridized carbons (Fsp3) is 0.348. The molecule has 2 aromatic carbocycles. The van der Waals surface area contributed by atoms with Gasteiger partial charge in [-0.1, -0.05) is 24.6 Å². The Kier molecular flexibility index (Phi) is 5.30. The highest BCUT2D eigenvalue weighted by Gasteiger charge is 2.30. The molecule has 8 nitrogen and oxygen atoms in total. The van der Waals surface area contributed by atoms with Gasteiger partial charge in [0, 0.05) is 30.7 Å². The summed E-state index contributed by atoms with van der Waals surface area (Å²) in [6.45, 7) is 1.38. The summed E-state index contributed by atoms with van der Waals surface area (Å²) in [6, 6.07) is 12.1. The van der Waals surface area contributed by atoms with Crippen LogP contribution >= 0.6 is 0 Å². The van der Waals surface area contributed by atoms with Gasteiger partial charge in [0.2, 0.25) is 15.9 Å². The third-order valence-corrected chi connectivity index (χ3v) is 8.14. The van der Waals surface area contributed by atoms with Crippen molar-refractivity contribution < 1.29 is 13.2 Å². The minimum atomic E-state index is -3.52. The highest BCUT2D eigenvalue weighted by molar-refractivity contribution is 7.89. The Morgan fingerprint density at radius 2 is 1.78 bits per heavy atom. The van der Waals surface area contributed by atoms with Gasteiger partial charge in [-0.2, -0.15) is 9.40 Å². The highest BCUT2D eigenvalue weighted by Crippen LogP contribution is 2.32. The van der Waals surface area contributed by atoms with Gasteiger partial charge in [-0.05, 0) is 49.1 Å². The lowest BCUT2D eigenvalue weighted by Gasteiger charge is -2.26. The molecule has 0 bridgehead atoms. The number of benzene rings is 2. The second kappa shape index (κ2) is 8.14. The van der Waals surface area contributed by atoms with Crippen LogP contribution in [0.2, 0.25) is 0 Å². The first kappa shape index (κ1) is 20.8. The summed E-state index contributed by atoms with van der Waals surface area (Å²) in [4.78, 5) is 27.6. The Bertz CT molecular complexity index is 1360. The Balaban J connectivity index is 1.38. The number of amides is 1. The van der Waals surface area contributed by atoms with Gasteiger partial charge in [-0.3, -0.25) is 9.59 Å². The molecule has 1 amide bonds. The molecule has 1 saturated heterocycles. The van der Waals surface area contributed by atoms with Gasteiger partial charge in [0.25, 0.3) is 5.56 Å². The number of anilines is 1. The average Bonchev–Trinajstić information content (AvgIpc) is 3.25. The summed E-state index contributed by atoms with van der Waals surface area (Å²) in [6.07, 6.45) is 4.98. The van der Waals surface area contributed by atoms with Crippen molar-refractivity contribution in [3.63, 3.8) is 0 Å². The quantitative estimate of drug-likeness (QED) is 0.605. The lowest BCUT2D eigenvalue weighted by molar-refractivity contribution is -0.119. The van der Waals surface area contributed by atoms with Crippen LogP contribution in [0.5, 0.6) is 0 Å². The largest absolute Gasteiger partial charge is 0.310 e. The number of hydrogen-bond donors (Lipinski definition) is 0. The molecule has 0 unspecified atom stereocenters. The second-order valence-corrected chi connectivity index (χ2v) is 10.2. The molecule has 166 valence electrons. The van der Waals surface area contributed by atoms with Gasteiger partial charge >= 0.3 is 0 Å². The zero-order chi connectivity index (χ0) is 22.3. The van der Waals surface area contributed by atoms with Crippen molar-refractivity contribution in [2.24, 2.45) is 0 Å². The highest BCUT2D eigenvalue weighted by atomic mass is 32.2. The number of rotatable bonds is 4. The van der Waals surface area contributed by atoms with E-state index in [-0.39, 0.29) is 22.9 Å². The molecule has 0 atom stereocenters. The van der Waals surface area contributed by atoms with Crippen LogP contribution in [-0.2, 0) is 27.8 Å². The third-order valence-electron chi connectivity index (χ3n) is 6.25. The van der Waals surface area contributed by atoms with E-state index in [9.17, 15) is 18.0 Å². The summed E-state index contributed by atoms with van der Waals surface area (Å²) in [7, 11) is -3.52. The standard InChI is InChI=1S/C23H24N4O4S/c28-22(16-27-23(29)20-7-3-2-6-18(20)15-24-27)26-13-10-17-14-19(8-9-21(17)26)32(30,31)25-11-4-1-5-12-25/h2-3,6-9,14-15H,1,4-5,10-13,16H2. The molecule has 5 rings (SSSR count). The van der Waals surface area contributed by atoms with E-state index in [2.05, 4.69) is 5.10 Å². The molecule has 0 radical (unpaired) electrons. The van der Waals surface area contributed by atoms with Crippen LogP contribution in [0.3, 0.4) is 0 Å². The minimum absolute atomic E-state index is 0.170. The van der Waals surface area contributed by atoms with E-state index in [0.29, 0.717) is 37.1 Å². The molecule has 2 aliphatic heterocycles. The molecule has 0 aliphatic carbocycles. The van der Waals surface area contributed by atoms with Gasteiger partial charge < -0.3 is 4.90 Å². The molecular formula is C23H24N4O4S. The number of aromatic nitrogens is 2. The van der Waals surface area contributed by atoms with Crippen molar-refractivity contribution in [2.75, 3.05) is 24.5 Å². The first-order valence-corrected chi connectivity index (χ1v) is 12.3. The zero-order valence-electron chi connectivity index (χ0n) is 17.6. The van der Waals surface area contributed by atoms with Crippen LogP contribution in [0.4, 0.5) is 5.69 Å². The van der Waals surface area contributed by atoms with Crippen LogP contribution in [0.15, 0.2) is 58.4 Å². The van der Waals surface area contributed by atoms with Gasteiger partial charge in [-0.15, -0.1) is 0 Å². The van der Waals surface area contributed by atoms with E-state index in [1.54, 1.807) is 45.7 Å². The fourth-order valence-electron chi connectivity index (χ4n) is 4.51. The molecule has 3 aromatic rings. The first-order chi connectivity index (χ1) is 15.4. The zero-order valence-corrected chi connectivity index (χ0v) is 18.4. The second-order valence-electron chi connectivity index (χ2n) is 8.25. The van der Waals surface area contributed by atoms with Crippen LogP contribution in [0.1, 0.15) is 24.8 Å². The predicted molar refractivity (Wildman–Crippen MR) is 121 cm³/mol. The summed E-state index contributed by atoms with van der Waals surface area (Å²) in [5.41, 5.74) is 1.22. The van der Waals surface area contributed by atoms with Crippen molar-refractivity contribution in [3.05, 3.63) is 64.6 Å². The van der Waals surface area contributed by atoms with E-state index in [4.69, 9.17) is 0 Å². The molecule has 3 heterocycles. The van der Waals surface area contributed by atoms with E-state index < -0.39 is 10.0 Å². The molecule has 1 aromatic heterocycles. The maximum absolute atomic E-state index is 13.0. The van der Waals surface area contributed by atoms with Crippen molar-refractivity contribution in [2.45, 2.75) is 37.1 Å². The van der Waals surface area contributed by atoms with Crippen molar-refractivity contribution in [3.8, 4) is 0 Å². The summed E-state index contributed by atoms with van der Waals surface area (Å²) >= 11 is 0. The Hall–Kier alpha value is -3.04. The maximum Gasteiger partial charge on any atom is 0.275 e. The molecule has 9 heteroatoms. The van der Waals surface area contributed by atoms with Gasteiger partial charge in [0.15, 0.2) is 0 Å². The van der Waals surface area contributed by atoms with Crippen molar-refractivity contribution >= 4 is 32.4 Å². The van der Waals surface area contributed by atoms with E-state index in [1.165, 1.54) is 4.68 Å². The van der Waals surface area contributed by atoms with Gasteiger partial charge in [-0.25, -0.2) is 13.1 Å². The summed E-state index contributed by atoms with van der Waals surface area (Å²) < 4.78 is 28.7. The van der Waals surface area contributed by atoms with Crippen molar-refractivity contribution in [1.29, 1.82) is 0 Å². The van der Waals surface area contributed by atoms with Crippen LogP contribution in [0, 0.1) is 0 Å². The average molecular weight is 453 g/mol. The third kappa shape index (κ3) is 3.61. The monoisotopic (exact) mass is 452 g/mol. The first-order valence-electron chi connectivity index (χ1n) is 10.8. The number of sulfonamides is 1. The lowest BCUT2D eigenvalue weighted by atomic mass is 10.2. The van der Waals surface area contributed by atoms with Crippen LogP contribution in [-0.4, -0.2) is 48.0 Å². The molecule has 0 N–H and O–H groups in total. The minimum Gasteiger partial charge on any atom is -0.310 e. The maximum atomic E-state index is 13.0. The van der Waals surface area contributed by atoms with Gasteiger partial charge in [0.1, 0.15) is 6.54 Å².